The van der Waals surface area contributed by atoms with Gasteiger partial charge in [-0.05, 0) is 36.4 Å². The number of rotatable bonds is 3. The highest BCUT2D eigenvalue weighted by Crippen LogP contribution is 2.32. The van der Waals surface area contributed by atoms with E-state index in [9.17, 15) is 4.39 Å². The summed E-state index contributed by atoms with van der Waals surface area (Å²) in [4.78, 5) is 4.77. The third-order valence-corrected chi connectivity index (χ3v) is 4.53. The van der Waals surface area contributed by atoms with Crippen LogP contribution in [-0.4, -0.2) is 15.2 Å². The third kappa shape index (κ3) is 2.93. The maximum Gasteiger partial charge on any atom is 0.248 e. The second-order valence-electron chi connectivity index (χ2n) is 6.36. The Bertz CT molecular complexity index is 1260. The average Bonchev–Trinajstić information content (AvgIpc) is 3.24. The fraction of sp³-hybridized carbons (Fsp3) is 0. The lowest BCUT2D eigenvalue weighted by Gasteiger charge is -2.07. The van der Waals surface area contributed by atoms with Crippen molar-refractivity contribution in [3.05, 3.63) is 90.7 Å². The van der Waals surface area contributed by atoms with E-state index in [0.717, 1.165) is 27.7 Å². The van der Waals surface area contributed by atoms with Gasteiger partial charge >= 0.3 is 0 Å². The van der Waals surface area contributed by atoms with Crippen LogP contribution in [0.3, 0.4) is 0 Å². The summed E-state index contributed by atoms with van der Waals surface area (Å²) in [5, 5.41) is 9.30. The second kappa shape index (κ2) is 6.70. The number of fused-ring (bicyclic) bond motifs is 1. The summed E-state index contributed by atoms with van der Waals surface area (Å²) in [6.07, 6.45) is 0. The van der Waals surface area contributed by atoms with Crippen LogP contribution in [0, 0.1) is 5.82 Å². The summed E-state index contributed by atoms with van der Waals surface area (Å²) < 4.78 is 19.1. The number of para-hydroxylation sites is 1. The van der Waals surface area contributed by atoms with E-state index in [2.05, 4.69) is 10.2 Å². The summed E-state index contributed by atoms with van der Waals surface area (Å²) in [5.41, 5.74) is 4.16. The van der Waals surface area contributed by atoms with Crippen molar-refractivity contribution in [2.75, 3.05) is 0 Å². The second-order valence-corrected chi connectivity index (χ2v) is 6.36. The fourth-order valence-corrected chi connectivity index (χ4v) is 3.15. The summed E-state index contributed by atoms with van der Waals surface area (Å²) in [6.45, 7) is 0. The van der Waals surface area contributed by atoms with Gasteiger partial charge in [-0.25, -0.2) is 9.37 Å². The molecule has 5 heteroatoms. The lowest BCUT2D eigenvalue weighted by atomic mass is 10.0. The SMILES string of the molecule is Fc1ccc(-c2nnc(-c3cc(-c4ccccc4)nc4ccccc34)o2)cc1. The largest absolute Gasteiger partial charge is 0.416 e. The fourth-order valence-electron chi connectivity index (χ4n) is 3.15. The van der Waals surface area contributed by atoms with E-state index in [0.29, 0.717) is 17.3 Å². The van der Waals surface area contributed by atoms with Gasteiger partial charge in [-0.1, -0.05) is 48.5 Å². The van der Waals surface area contributed by atoms with Crippen molar-refractivity contribution in [3.8, 4) is 34.2 Å². The Balaban J connectivity index is 1.67. The van der Waals surface area contributed by atoms with Crippen molar-refractivity contribution >= 4 is 10.9 Å². The topological polar surface area (TPSA) is 51.8 Å². The molecule has 3 aromatic carbocycles. The van der Waals surface area contributed by atoms with Crippen LogP contribution in [0.4, 0.5) is 4.39 Å². The van der Waals surface area contributed by atoms with Crippen molar-refractivity contribution in [1.82, 2.24) is 15.2 Å². The highest BCUT2D eigenvalue weighted by Gasteiger charge is 2.15. The number of hydrogen-bond donors (Lipinski definition) is 0. The predicted octanol–water partition coefficient (Wildman–Crippen LogP) is 5.76. The number of hydrogen-bond acceptors (Lipinski definition) is 4. The Morgan fingerprint density at radius 3 is 2.21 bits per heavy atom. The van der Waals surface area contributed by atoms with Crippen LogP contribution in [0.2, 0.25) is 0 Å². The van der Waals surface area contributed by atoms with Crippen molar-refractivity contribution in [1.29, 1.82) is 0 Å². The molecule has 2 aromatic heterocycles. The van der Waals surface area contributed by atoms with E-state index in [-0.39, 0.29) is 5.82 Å². The maximum atomic E-state index is 13.2. The lowest BCUT2D eigenvalue weighted by Crippen LogP contribution is -1.89. The highest BCUT2D eigenvalue weighted by atomic mass is 19.1. The van der Waals surface area contributed by atoms with E-state index >= 15 is 0 Å². The number of pyridine rings is 1. The van der Waals surface area contributed by atoms with E-state index in [1.165, 1.54) is 12.1 Å². The minimum Gasteiger partial charge on any atom is -0.416 e. The quantitative estimate of drug-likeness (QED) is 0.407. The Labute approximate surface area is 160 Å². The van der Waals surface area contributed by atoms with E-state index < -0.39 is 0 Å². The molecule has 0 bridgehead atoms. The smallest absolute Gasteiger partial charge is 0.248 e. The zero-order chi connectivity index (χ0) is 18.9. The molecule has 0 aliphatic heterocycles. The first-order valence-corrected chi connectivity index (χ1v) is 8.83. The van der Waals surface area contributed by atoms with Crippen molar-refractivity contribution in [2.24, 2.45) is 0 Å². The summed E-state index contributed by atoms with van der Waals surface area (Å²) in [7, 11) is 0. The van der Waals surface area contributed by atoms with Crippen molar-refractivity contribution in [3.63, 3.8) is 0 Å². The molecule has 0 saturated carbocycles. The zero-order valence-corrected chi connectivity index (χ0v) is 14.7. The van der Waals surface area contributed by atoms with Gasteiger partial charge in [-0.2, -0.15) is 0 Å². The van der Waals surface area contributed by atoms with Crippen LogP contribution < -0.4 is 0 Å². The standard InChI is InChI=1S/C23H14FN3O/c24-17-12-10-16(11-13-17)22-26-27-23(28-22)19-14-21(15-6-2-1-3-7-15)25-20-9-5-4-8-18(19)20/h1-14H. The molecule has 5 rings (SSSR count). The van der Waals surface area contributed by atoms with Gasteiger partial charge < -0.3 is 4.42 Å². The zero-order valence-electron chi connectivity index (χ0n) is 14.7. The molecule has 28 heavy (non-hydrogen) atoms. The van der Waals surface area contributed by atoms with Gasteiger partial charge in [0, 0.05) is 16.5 Å². The van der Waals surface area contributed by atoms with Crippen LogP contribution in [0.15, 0.2) is 89.3 Å². The minimum absolute atomic E-state index is 0.309. The Morgan fingerprint density at radius 1 is 0.679 bits per heavy atom. The van der Waals surface area contributed by atoms with E-state index in [1.54, 1.807) is 12.1 Å². The maximum absolute atomic E-state index is 13.2. The molecule has 0 atom stereocenters. The molecule has 2 heterocycles. The first-order valence-electron chi connectivity index (χ1n) is 8.83. The van der Waals surface area contributed by atoms with Gasteiger partial charge in [0.15, 0.2) is 0 Å². The monoisotopic (exact) mass is 367 g/mol. The number of aromatic nitrogens is 3. The predicted molar refractivity (Wildman–Crippen MR) is 106 cm³/mol. The van der Waals surface area contributed by atoms with Gasteiger partial charge in [-0.3, -0.25) is 0 Å². The molecule has 0 saturated heterocycles. The Morgan fingerprint density at radius 2 is 1.39 bits per heavy atom. The molecule has 0 amide bonds. The normalized spacial score (nSPS) is 11.0. The summed E-state index contributed by atoms with van der Waals surface area (Å²) in [5.74, 6) is 0.434. The van der Waals surface area contributed by atoms with Crippen LogP contribution >= 0.6 is 0 Å². The van der Waals surface area contributed by atoms with E-state index in [4.69, 9.17) is 9.40 Å². The molecule has 134 valence electrons. The van der Waals surface area contributed by atoms with Crippen molar-refractivity contribution < 1.29 is 8.81 Å². The minimum atomic E-state index is -0.309. The number of halogens is 1. The lowest BCUT2D eigenvalue weighted by molar-refractivity contribution is 0.584. The molecule has 0 aliphatic rings. The molecule has 0 unspecified atom stereocenters. The molecule has 0 fully saturated rings. The van der Waals surface area contributed by atoms with Crippen LogP contribution in [0.5, 0.6) is 0 Å². The van der Waals surface area contributed by atoms with Gasteiger partial charge in [0.1, 0.15) is 5.82 Å². The molecule has 0 spiro atoms. The highest BCUT2D eigenvalue weighted by molar-refractivity contribution is 5.94. The van der Waals surface area contributed by atoms with E-state index in [1.807, 2.05) is 60.7 Å². The van der Waals surface area contributed by atoms with Gasteiger partial charge in [-0.15, -0.1) is 10.2 Å². The molecule has 0 aliphatic carbocycles. The molecule has 4 nitrogen and oxygen atoms in total. The first kappa shape index (κ1) is 16.3. The number of benzene rings is 3. The Hall–Kier alpha value is -3.86. The number of nitrogens with zero attached hydrogens (tertiary/aromatic N) is 3. The van der Waals surface area contributed by atoms with Gasteiger partial charge in [0.2, 0.25) is 11.8 Å². The average molecular weight is 367 g/mol. The molecule has 0 radical (unpaired) electrons. The van der Waals surface area contributed by atoms with Crippen LogP contribution in [0.1, 0.15) is 0 Å². The Kier molecular flexibility index (Phi) is 3.91. The van der Waals surface area contributed by atoms with Gasteiger partial charge in [0.05, 0.1) is 16.8 Å². The molecular formula is C23H14FN3O. The molecular weight excluding hydrogens is 353 g/mol. The summed E-state index contributed by atoms with van der Waals surface area (Å²) >= 11 is 0. The van der Waals surface area contributed by atoms with Gasteiger partial charge in [0.25, 0.3) is 0 Å². The molecule has 5 aromatic rings. The van der Waals surface area contributed by atoms with Crippen LogP contribution in [0.25, 0.3) is 45.1 Å². The first-order chi connectivity index (χ1) is 13.8. The van der Waals surface area contributed by atoms with Crippen LogP contribution in [-0.2, 0) is 0 Å². The molecule has 0 N–H and O–H groups in total. The van der Waals surface area contributed by atoms with Crippen molar-refractivity contribution in [2.45, 2.75) is 0 Å². The summed E-state index contributed by atoms with van der Waals surface area (Å²) in [6, 6.07) is 25.7. The third-order valence-electron chi connectivity index (χ3n) is 4.53.